The molecule has 0 amide bonds. The molecule has 112 valence electrons. The number of rotatable bonds is 6. The van der Waals surface area contributed by atoms with Gasteiger partial charge in [-0.1, -0.05) is 18.6 Å². The summed E-state index contributed by atoms with van der Waals surface area (Å²) in [5, 5.41) is 9.48. The first-order valence-electron chi connectivity index (χ1n) is 6.93. The molecule has 0 heterocycles. The zero-order chi connectivity index (χ0) is 14.8. The van der Waals surface area contributed by atoms with Gasteiger partial charge in [-0.25, -0.2) is 8.42 Å². The third kappa shape index (κ3) is 3.59. The lowest BCUT2D eigenvalue weighted by Gasteiger charge is -2.43. The van der Waals surface area contributed by atoms with E-state index in [1.807, 2.05) is 19.2 Å². The van der Waals surface area contributed by atoms with Crippen molar-refractivity contribution in [2.45, 2.75) is 30.7 Å². The highest BCUT2D eigenvalue weighted by Crippen LogP contribution is 2.40. The Balaban J connectivity index is 1.96. The molecule has 0 saturated heterocycles. The van der Waals surface area contributed by atoms with E-state index < -0.39 is 9.84 Å². The SMILES string of the molecule is CN(Cc1ccc(S(C)(=O)=O)cc1)CC1(CO)CCC1. The smallest absolute Gasteiger partial charge is 0.175 e. The van der Waals surface area contributed by atoms with E-state index in [0.29, 0.717) is 4.90 Å². The van der Waals surface area contributed by atoms with E-state index in [-0.39, 0.29) is 12.0 Å². The van der Waals surface area contributed by atoms with E-state index in [1.165, 1.54) is 12.7 Å². The second-order valence-electron chi connectivity index (χ2n) is 6.10. The molecular formula is C15H23NO3S. The molecule has 0 radical (unpaired) electrons. The van der Waals surface area contributed by atoms with Crippen LogP contribution < -0.4 is 0 Å². The van der Waals surface area contributed by atoms with Crippen LogP contribution in [0.2, 0.25) is 0 Å². The molecule has 1 aromatic carbocycles. The molecule has 2 rings (SSSR count). The quantitative estimate of drug-likeness (QED) is 0.868. The van der Waals surface area contributed by atoms with Gasteiger partial charge < -0.3 is 10.0 Å². The number of benzene rings is 1. The lowest BCUT2D eigenvalue weighted by molar-refractivity contribution is 0.0127. The number of hydrogen-bond acceptors (Lipinski definition) is 4. The first-order valence-corrected chi connectivity index (χ1v) is 8.82. The van der Waals surface area contributed by atoms with Crippen LogP contribution in [0.5, 0.6) is 0 Å². The molecule has 5 heteroatoms. The Morgan fingerprint density at radius 1 is 1.25 bits per heavy atom. The molecular weight excluding hydrogens is 274 g/mol. The predicted octanol–water partition coefficient (Wildman–Crippen LogP) is 1.68. The monoisotopic (exact) mass is 297 g/mol. The summed E-state index contributed by atoms with van der Waals surface area (Å²) in [5.41, 5.74) is 1.17. The Hall–Kier alpha value is -0.910. The van der Waals surface area contributed by atoms with E-state index in [2.05, 4.69) is 4.90 Å². The van der Waals surface area contributed by atoms with Gasteiger partial charge in [0.15, 0.2) is 9.84 Å². The number of hydrogen-bond donors (Lipinski definition) is 1. The third-order valence-electron chi connectivity index (χ3n) is 4.16. The number of aliphatic hydroxyl groups excluding tert-OH is 1. The minimum Gasteiger partial charge on any atom is -0.396 e. The average molecular weight is 297 g/mol. The van der Waals surface area contributed by atoms with E-state index in [9.17, 15) is 13.5 Å². The van der Waals surface area contributed by atoms with Crippen molar-refractivity contribution in [2.24, 2.45) is 5.41 Å². The van der Waals surface area contributed by atoms with Crippen molar-refractivity contribution in [3.63, 3.8) is 0 Å². The van der Waals surface area contributed by atoms with Crippen LogP contribution in [-0.4, -0.2) is 44.9 Å². The van der Waals surface area contributed by atoms with Gasteiger partial charge in [-0.2, -0.15) is 0 Å². The largest absolute Gasteiger partial charge is 0.396 e. The van der Waals surface area contributed by atoms with Gasteiger partial charge in [-0.3, -0.25) is 0 Å². The van der Waals surface area contributed by atoms with Crippen molar-refractivity contribution in [1.82, 2.24) is 4.90 Å². The maximum Gasteiger partial charge on any atom is 0.175 e. The van der Waals surface area contributed by atoms with Crippen LogP contribution in [0.4, 0.5) is 0 Å². The minimum absolute atomic E-state index is 0.0848. The molecule has 1 N–H and O–H groups in total. The van der Waals surface area contributed by atoms with Gasteiger partial charge in [0.2, 0.25) is 0 Å². The fourth-order valence-corrected chi connectivity index (χ4v) is 3.46. The van der Waals surface area contributed by atoms with Crippen LogP contribution in [0.15, 0.2) is 29.2 Å². The molecule has 1 fully saturated rings. The van der Waals surface area contributed by atoms with Gasteiger partial charge in [0.25, 0.3) is 0 Å². The molecule has 1 aromatic rings. The maximum atomic E-state index is 11.4. The zero-order valence-corrected chi connectivity index (χ0v) is 13.0. The second-order valence-corrected chi connectivity index (χ2v) is 8.12. The Kier molecular flexibility index (Phi) is 4.52. The summed E-state index contributed by atoms with van der Waals surface area (Å²) in [5.74, 6) is 0. The highest BCUT2D eigenvalue weighted by Gasteiger charge is 2.37. The molecule has 4 nitrogen and oxygen atoms in total. The fourth-order valence-electron chi connectivity index (χ4n) is 2.83. The van der Waals surface area contributed by atoms with Crippen LogP contribution in [-0.2, 0) is 16.4 Å². The molecule has 1 saturated carbocycles. The summed E-state index contributed by atoms with van der Waals surface area (Å²) in [6.45, 7) is 1.91. The number of sulfone groups is 1. The predicted molar refractivity (Wildman–Crippen MR) is 79.3 cm³/mol. The molecule has 0 atom stereocenters. The summed E-state index contributed by atoms with van der Waals surface area (Å²) in [7, 11) is -1.08. The number of nitrogens with zero attached hydrogens (tertiary/aromatic N) is 1. The summed E-state index contributed by atoms with van der Waals surface area (Å²) in [4.78, 5) is 2.56. The lowest BCUT2D eigenvalue weighted by atomic mass is 9.69. The van der Waals surface area contributed by atoms with Crippen molar-refractivity contribution >= 4 is 9.84 Å². The van der Waals surface area contributed by atoms with Gasteiger partial charge in [-0.15, -0.1) is 0 Å². The molecule has 0 aromatic heterocycles. The van der Waals surface area contributed by atoms with Crippen LogP contribution in [0, 0.1) is 5.41 Å². The van der Waals surface area contributed by atoms with E-state index >= 15 is 0 Å². The van der Waals surface area contributed by atoms with Crippen LogP contribution in [0.3, 0.4) is 0 Å². The second kappa shape index (κ2) is 5.84. The average Bonchev–Trinajstić information content (AvgIpc) is 2.33. The maximum absolute atomic E-state index is 11.4. The lowest BCUT2D eigenvalue weighted by Crippen LogP contribution is -2.43. The van der Waals surface area contributed by atoms with Gasteiger partial charge >= 0.3 is 0 Å². The van der Waals surface area contributed by atoms with Crippen molar-refractivity contribution in [3.05, 3.63) is 29.8 Å². The molecule has 0 spiro atoms. The summed E-state index contributed by atoms with van der Waals surface area (Å²) >= 11 is 0. The summed E-state index contributed by atoms with van der Waals surface area (Å²) in [6, 6.07) is 7.03. The highest BCUT2D eigenvalue weighted by atomic mass is 32.2. The van der Waals surface area contributed by atoms with Crippen molar-refractivity contribution in [2.75, 3.05) is 26.5 Å². The molecule has 1 aliphatic carbocycles. The molecule has 0 bridgehead atoms. The Morgan fingerprint density at radius 2 is 1.85 bits per heavy atom. The van der Waals surface area contributed by atoms with E-state index in [1.54, 1.807) is 12.1 Å². The Labute approximate surface area is 121 Å². The van der Waals surface area contributed by atoms with Gasteiger partial charge in [0.1, 0.15) is 0 Å². The fraction of sp³-hybridized carbons (Fsp3) is 0.600. The first kappa shape index (κ1) is 15.5. The minimum atomic E-state index is -3.12. The first-order chi connectivity index (χ1) is 9.35. The summed E-state index contributed by atoms with van der Waals surface area (Å²) in [6.07, 6.45) is 4.62. The molecule has 1 aliphatic rings. The Bertz CT molecular complexity index is 541. The standard InChI is InChI=1S/C15H23NO3S/c1-16(11-15(12-17)8-3-9-15)10-13-4-6-14(7-5-13)20(2,18)19/h4-7,17H,3,8-12H2,1-2H3. The van der Waals surface area contributed by atoms with Crippen LogP contribution in [0.25, 0.3) is 0 Å². The topological polar surface area (TPSA) is 57.6 Å². The number of aliphatic hydroxyl groups is 1. The van der Waals surface area contributed by atoms with Crippen molar-refractivity contribution < 1.29 is 13.5 Å². The van der Waals surface area contributed by atoms with Gasteiger partial charge in [-0.05, 0) is 37.6 Å². The molecule has 20 heavy (non-hydrogen) atoms. The van der Waals surface area contributed by atoms with Crippen LogP contribution in [0.1, 0.15) is 24.8 Å². The van der Waals surface area contributed by atoms with E-state index in [0.717, 1.165) is 31.5 Å². The normalized spacial score (nSPS) is 18.0. The van der Waals surface area contributed by atoms with Crippen LogP contribution >= 0.6 is 0 Å². The van der Waals surface area contributed by atoms with Crippen molar-refractivity contribution in [1.29, 1.82) is 0 Å². The van der Waals surface area contributed by atoms with Gasteiger partial charge in [0.05, 0.1) is 4.90 Å². The van der Waals surface area contributed by atoms with Crippen molar-refractivity contribution in [3.8, 4) is 0 Å². The van der Waals surface area contributed by atoms with Gasteiger partial charge in [0, 0.05) is 31.4 Å². The Morgan fingerprint density at radius 3 is 2.25 bits per heavy atom. The molecule has 0 unspecified atom stereocenters. The summed E-state index contributed by atoms with van der Waals surface area (Å²) < 4.78 is 22.8. The highest BCUT2D eigenvalue weighted by molar-refractivity contribution is 7.90. The van der Waals surface area contributed by atoms with E-state index in [4.69, 9.17) is 0 Å². The zero-order valence-electron chi connectivity index (χ0n) is 12.2. The molecule has 0 aliphatic heterocycles. The third-order valence-corrected chi connectivity index (χ3v) is 5.29.